The topological polar surface area (TPSA) is 52.6 Å². The smallest absolute Gasteiger partial charge is 0.237 e. The summed E-state index contributed by atoms with van der Waals surface area (Å²) in [7, 11) is 0. The molecule has 2 atom stereocenters. The van der Waals surface area contributed by atoms with Gasteiger partial charge in [0.15, 0.2) is 0 Å². The van der Waals surface area contributed by atoms with Crippen LogP contribution in [0.4, 0.5) is 0 Å². The van der Waals surface area contributed by atoms with Crippen molar-refractivity contribution in [1.29, 1.82) is 0 Å². The Kier molecular flexibility index (Phi) is 5.02. The highest BCUT2D eigenvalue weighted by atomic mass is 35.5. The second-order valence-corrected chi connectivity index (χ2v) is 5.98. The summed E-state index contributed by atoms with van der Waals surface area (Å²) in [6.45, 7) is 5.87. The molecule has 1 heterocycles. The normalized spacial score (nSPS) is 21.9. The van der Waals surface area contributed by atoms with Gasteiger partial charge in [0.25, 0.3) is 0 Å². The lowest BCUT2D eigenvalue weighted by Gasteiger charge is -2.38. The van der Waals surface area contributed by atoms with E-state index in [9.17, 15) is 9.90 Å². The minimum absolute atomic E-state index is 0.0459. The zero-order valence-electron chi connectivity index (χ0n) is 11.8. The number of carbonyl (C=O) groups excluding carboxylic acids is 1. The van der Waals surface area contributed by atoms with Crippen molar-refractivity contribution in [3.8, 4) is 0 Å². The number of hydrogen-bond donors (Lipinski definition) is 2. The van der Waals surface area contributed by atoms with Gasteiger partial charge in [-0.2, -0.15) is 0 Å². The van der Waals surface area contributed by atoms with Gasteiger partial charge < -0.3 is 10.4 Å². The number of aliphatic hydroxyl groups excluding tert-OH is 1. The Morgan fingerprint density at radius 2 is 2.25 bits per heavy atom. The van der Waals surface area contributed by atoms with Crippen LogP contribution in [0.5, 0.6) is 0 Å². The first-order valence-corrected chi connectivity index (χ1v) is 7.32. The number of amides is 1. The molecule has 2 unspecified atom stereocenters. The van der Waals surface area contributed by atoms with Gasteiger partial charge in [0.05, 0.1) is 12.1 Å². The highest BCUT2D eigenvalue weighted by Crippen LogP contribution is 2.22. The third-order valence-corrected chi connectivity index (χ3v) is 3.87. The maximum Gasteiger partial charge on any atom is 0.237 e. The zero-order valence-corrected chi connectivity index (χ0v) is 12.6. The highest BCUT2D eigenvalue weighted by Gasteiger charge is 2.33. The molecule has 1 aliphatic heterocycles. The van der Waals surface area contributed by atoms with Gasteiger partial charge in [-0.3, -0.25) is 9.69 Å². The van der Waals surface area contributed by atoms with E-state index in [1.54, 1.807) is 12.1 Å². The first-order valence-electron chi connectivity index (χ1n) is 6.94. The second-order valence-electron chi connectivity index (χ2n) is 5.55. The zero-order chi connectivity index (χ0) is 14.7. The summed E-state index contributed by atoms with van der Waals surface area (Å²) in [6.07, 6.45) is -0.638. The van der Waals surface area contributed by atoms with Crippen molar-refractivity contribution >= 4 is 17.5 Å². The van der Waals surface area contributed by atoms with E-state index in [0.29, 0.717) is 18.1 Å². The molecule has 1 amide bonds. The molecule has 4 nitrogen and oxygen atoms in total. The number of carbonyl (C=O) groups is 1. The number of hydrogen-bond acceptors (Lipinski definition) is 3. The van der Waals surface area contributed by atoms with E-state index in [-0.39, 0.29) is 17.9 Å². The van der Waals surface area contributed by atoms with Crippen molar-refractivity contribution in [2.45, 2.75) is 26.0 Å². The fraction of sp³-hybridized carbons (Fsp3) is 0.533. The Morgan fingerprint density at radius 3 is 2.90 bits per heavy atom. The monoisotopic (exact) mass is 296 g/mol. The van der Waals surface area contributed by atoms with Crippen LogP contribution in [-0.4, -0.2) is 41.6 Å². The predicted molar refractivity (Wildman–Crippen MR) is 79.6 cm³/mol. The number of aliphatic hydroxyl groups is 1. The van der Waals surface area contributed by atoms with Crippen molar-refractivity contribution in [3.05, 3.63) is 34.9 Å². The molecule has 0 aromatic heterocycles. The molecule has 0 aliphatic carbocycles. The minimum atomic E-state index is -0.638. The molecule has 20 heavy (non-hydrogen) atoms. The first kappa shape index (κ1) is 15.3. The molecule has 0 spiro atoms. The van der Waals surface area contributed by atoms with Gasteiger partial charge in [0.2, 0.25) is 5.91 Å². The lowest BCUT2D eigenvalue weighted by molar-refractivity contribution is -0.131. The summed E-state index contributed by atoms with van der Waals surface area (Å²) in [5.74, 6) is 0.256. The van der Waals surface area contributed by atoms with E-state index in [4.69, 9.17) is 11.6 Å². The molecule has 110 valence electrons. The van der Waals surface area contributed by atoms with Crippen LogP contribution in [0, 0.1) is 5.92 Å². The van der Waals surface area contributed by atoms with Crippen LogP contribution >= 0.6 is 11.6 Å². The molecule has 1 aromatic rings. The molecule has 1 aliphatic rings. The molecule has 0 saturated carbocycles. The summed E-state index contributed by atoms with van der Waals surface area (Å²) in [5.41, 5.74) is 0.783. The maximum atomic E-state index is 12.0. The maximum absolute atomic E-state index is 12.0. The minimum Gasteiger partial charge on any atom is -0.387 e. The Balaban J connectivity index is 2.09. The fourth-order valence-electron chi connectivity index (χ4n) is 2.70. The molecule has 1 fully saturated rings. The molecule has 1 saturated heterocycles. The average Bonchev–Trinajstić information content (AvgIpc) is 2.38. The third-order valence-electron chi connectivity index (χ3n) is 3.63. The number of rotatable bonds is 4. The van der Waals surface area contributed by atoms with Crippen molar-refractivity contribution < 1.29 is 9.90 Å². The van der Waals surface area contributed by atoms with Gasteiger partial charge in [-0.05, 0) is 23.6 Å². The third kappa shape index (κ3) is 3.51. The summed E-state index contributed by atoms with van der Waals surface area (Å²) < 4.78 is 0. The average molecular weight is 297 g/mol. The van der Waals surface area contributed by atoms with Gasteiger partial charge in [-0.25, -0.2) is 0 Å². The van der Waals surface area contributed by atoms with Crippen LogP contribution in [0.2, 0.25) is 5.02 Å². The quantitative estimate of drug-likeness (QED) is 0.891. The summed E-state index contributed by atoms with van der Waals surface area (Å²) >= 11 is 5.95. The van der Waals surface area contributed by atoms with E-state index in [1.807, 2.05) is 26.0 Å². The molecule has 1 aromatic carbocycles. The van der Waals surface area contributed by atoms with Crippen LogP contribution in [0.25, 0.3) is 0 Å². The first-order chi connectivity index (χ1) is 9.49. The summed E-state index contributed by atoms with van der Waals surface area (Å²) in [4.78, 5) is 14.0. The number of nitrogens with one attached hydrogen (secondary N) is 1. The standard InChI is InChI=1S/C15H21ClN2O2/c1-10(2)14-15(20)17-6-7-18(14)9-13(19)11-4-3-5-12(16)8-11/h3-5,8,10,13-14,19H,6-7,9H2,1-2H3,(H,17,20). The van der Waals surface area contributed by atoms with E-state index < -0.39 is 6.10 Å². The van der Waals surface area contributed by atoms with Crippen LogP contribution in [0.1, 0.15) is 25.5 Å². The number of halogens is 1. The summed E-state index contributed by atoms with van der Waals surface area (Å²) in [6, 6.07) is 7.04. The predicted octanol–water partition coefficient (Wildman–Crippen LogP) is 1.83. The highest BCUT2D eigenvalue weighted by molar-refractivity contribution is 6.30. The van der Waals surface area contributed by atoms with Crippen molar-refractivity contribution in [2.75, 3.05) is 19.6 Å². The molecule has 2 N–H and O–H groups in total. The van der Waals surface area contributed by atoms with Crippen LogP contribution < -0.4 is 5.32 Å². The Labute approximate surface area is 124 Å². The number of β-amino-alcohol motifs (C(OH)–C–C–N with tert-alkyl or cyclic N) is 1. The lowest BCUT2D eigenvalue weighted by Crippen LogP contribution is -2.58. The number of benzene rings is 1. The van der Waals surface area contributed by atoms with E-state index in [2.05, 4.69) is 10.2 Å². The van der Waals surface area contributed by atoms with Crippen LogP contribution in [0.15, 0.2) is 24.3 Å². The van der Waals surface area contributed by atoms with Crippen molar-refractivity contribution in [1.82, 2.24) is 10.2 Å². The van der Waals surface area contributed by atoms with Crippen molar-refractivity contribution in [3.63, 3.8) is 0 Å². The van der Waals surface area contributed by atoms with Crippen LogP contribution in [0.3, 0.4) is 0 Å². The number of nitrogens with zero attached hydrogens (tertiary/aromatic N) is 1. The van der Waals surface area contributed by atoms with Gasteiger partial charge in [-0.15, -0.1) is 0 Å². The van der Waals surface area contributed by atoms with Gasteiger partial charge in [-0.1, -0.05) is 37.6 Å². The fourth-order valence-corrected chi connectivity index (χ4v) is 2.90. The number of piperazine rings is 1. The Bertz CT molecular complexity index is 479. The molecular formula is C15H21ClN2O2. The molecule has 2 rings (SSSR count). The van der Waals surface area contributed by atoms with E-state index in [0.717, 1.165) is 12.1 Å². The summed E-state index contributed by atoms with van der Waals surface area (Å²) in [5, 5.41) is 13.8. The Hall–Kier alpha value is -1.10. The van der Waals surface area contributed by atoms with Crippen LogP contribution in [-0.2, 0) is 4.79 Å². The molecule has 5 heteroatoms. The van der Waals surface area contributed by atoms with E-state index in [1.165, 1.54) is 0 Å². The van der Waals surface area contributed by atoms with Gasteiger partial charge >= 0.3 is 0 Å². The van der Waals surface area contributed by atoms with Gasteiger partial charge in [0.1, 0.15) is 0 Å². The molecule has 0 bridgehead atoms. The molecular weight excluding hydrogens is 276 g/mol. The van der Waals surface area contributed by atoms with Gasteiger partial charge in [0, 0.05) is 24.7 Å². The SMILES string of the molecule is CC(C)C1C(=O)NCCN1CC(O)c1cccc(Cl)c1. The Morgan fingerprint density at radius 1 is 1.50 bits per heavy atom. The molecule has 0 radical (unpaired) electrons. The largest absolute Gasteiger partial charge is 0.387 e. The second kappa shape index (κ2) is 6.57. The van der Waals surface area contributed by atoms with E-state index >= 15 is 0 Å². The van der Waals surface area contributed by atoms with Crippen molar-refractivity contribution in [2.24, 2.45) is 5.92 Å². The lowest BCUT2D eigenvalue weighted by atomic mass is 9.98.